The predicted octanol–water partition coefficient (Wildman–Crippen LogP) is 1.84. The molecule has 0 amide bonds. The quantitative estimate of drug-likeness (QED) is 0.670. The summed E-state index contributed by atoms with van der Waals surface area (Å²) in [5, 5.41) is 3.25. The van der Waals surface area contributed by atoms with E-state index in [0.29, 0.717) is 31.2 Å². The van der Waals surface area contributed by atoms with E-state index in [1.54, 1.807) is 19.2 Å². The number of sulfonamides is 1. The zero-order valence-corrected chi connectivity index (χ0v) is 13.9. The van der Waals surface area contributed by atoms with E-state index in [-0.39, 0.29) is 0 Å². The van der Waals surface area contributed by atoms with Crippen LogP contribution in [-0.2, 0) is 21.3 Å². The van der Waals surface area contributed by atoms with Crippen LogP contribution in [0.3, 0.4) is 0 Å². The molecular weight excluding hydrogens is 288 g/mol. The van der Waals surface area contributed by atoms with E-state index in [0.717, 1.165) is 18.5 Å². The van der Waals surface area contributed by atoms with Gasteiger partial charge in [0.1, 0.15) is 0 Å². The summed E-state index contributed by atoms with van der Waals surface area (Å²) in [6, 6.07) is 7.14. The number of likely N-dealkylation sites (N-methyl/N-ethyl adjacent to an activating group) is 1. The van der Waals surface area contributed by atoms with Crippen LogP contribution in [0.2, 0.25) is 0 Å². The topological polar surface area (TPSA) is 58.6 Å². The van der Waals surface area contributed by atoms with Crippen LogP contribution in [0.25, 0.3) is 0 Å². The Bertz CT molecular complexity index is 517. The van der Waals surface area contributed by atoms with Gasteiger partial charge in [0, 0.05) is 26.7 Å². The average molecular weight is 314 g/mol. The predicted molar refractivity (Wildman–Crippen MR) is 84.7 cm³/mol. The van der Waals surface area contributed by atoms with Crippen molar-refractivity contribution in [3.63, 3.8) is 0 Å². The Hall–Kier alpha value is -0.950. The highest BCUT2D eigenvalue weighted by molar-refractivity contribution is 7.89. The second-order valence-electron chi connectivity index (χ2n) is 4.81. The largest absolute Gasteiger partial charge is 0.380 e. The maximum Gasteiger partial charge on any atom is 0.243 e. The zero-order chi connectivity index (χ0) is 15.7. The molecule has 0 atom stereocenters. The lowest BCUT2D eigenvalue weighted by Gasteiger charge is -2.19. The third kappa shape index (κ3) is 5.39. The van der Waals surface area contributed by atoms with Gasteiger partial charge in [-0.1, -0.05) is 25.1 Å². The third-order valence-electron chi connectivity index (χ3n) is 3.16. The van der Waals surface area contributed by atoms with Gasteiger partial charge in [-0.05, 0) is 31.5 Å². The van der Waals surface area contributed by atoms with Gasteiger partial charge in [0.05, 0.1) is 11.5 Å². The molecule has 5 nitrogen and oxygen atoms in total. The Labute approximate surface area is 128 Å². The van der Waals surface area contributed by atoms with Crippen LogP contribution in [0, 0.1) is 0 Å². The molecule has 1 aromatic carbocycles. The monoisotopic (exact) mass is 314 g/mol. The van der Waals surface area contributed by atoms with Crippen molar-refractivity contribution in [3.05, 3.63) is 29.8 Å². The van der Waals surface area contributed by atoms with Crippen molar-refractivity contribution in [3.8, 4) is 0 Å². The summed E-state index contributed by atoms with van der Waals surface area (Å²) in [7, 11) is -1.89. The van der Waals surface area contributed by atoms with Gasteiger partial charge in [-0.3, -0.25) is 0 Å². The number of hydrogen-bond donors (Lipinski definition) is 1. The highest BCUT2D eigenvalue weighted by atomic mass is 32.2. The Kier molecular flexibility index (Phi) is 7.88. The van der Waals surface area contributed by atoms with Gasteiger partial charge in [-0.15, -0.1) is 0 Å². The Morgan fingerprint density at radius 2 is 1.95 bits per heavy atom. The fraction of sp³-hybridized carbons (Fsp3) is 0.600. The molecule has 0 fully saturated rings. The molecule has 0 unspecified atom stereocenters. The number of nitrogens with zero attached hydrogens (tertiary/aromatic N) is 1. The van der Waals surface area contributed by atoms with E-state index >= 15 is 0 Å². The first-order valence-electron chi connectivity index (χ1n) is 7.36. The van der Waals surface area contributed by atoms with E-state index in [9.17, 15) is 8.42 Å². The van der Waals surface area contributed by atoms with Crippen LogP contribution in [0.5, 0.6) is 0 Å². The van der Waals surface area contributed by atoms with Crippen molar-refractivity contribution in [2.45, 2.75) is 31.7 Å². The van der Waals surface area contributed by atoms with Crippen LogP contribution in [-0.4, -0.2) is 46.1 Å². The minimum absolute atomic E-state index is 0.354. The van der Waals surface area contributed by atoms with Gasteiger partial charge in [0.2, 0.25) is 10.0 Å². The van der Waals surface area contributed by atoms with Gasteiger partial charge in [-0.25, -0.2) is 8.42 Å². The van der Waals surface area contributed by atoms with Crippen LogP contribution >= 0.6 is 0 Å². The van der Waals surface area contributed by atoms with Crippen molar-refractivity contribution in [2.75, 3.05) is 33.4 Å². The third-order valence-corrected chi connectivity index (χ3v) is 5.11. The van der Waals surface area contributed by atoms with E-state index < -0.39 is 10.0 Å². The Morgan fingerprint density at radius 3 is 2.62 bits per heavy atom. The van der Waals surface area contributed by atoms with E-state index in [4.69, 9.17) is 4.74 Å². The molecule has 1 rings (SSSR count). The van der Waals surface area contributed by atoms with Crippen LogP contribution < -0.4 is 5.32 Å². The minimum atomic E-state index is -3.47. The van der Waals surface area contributed by atoms with Crippen molar-refractivity contribution in [1.29, 1.82) is 0 Å². The first-order valence-corrected chi connectivity index (χ1v) is 8.80. The molecule has 0 radical (unpaired) electrons. The summed E-state index contributed by atoms with van der Waals surface area (Å²) in [5.74, 6) is 0. The maximum atomic E-state index is 12.6. The fourth-order valence-electron chi connectivity index (χ4n) is 1.93. The SMILES string of the molecule is CCCNCc1ccccc1S(=O)(=O)N(C)CCOCC. The zero-order valence-electron chi connectivity index (χ0n) is 13.1. The van der Waals surface area contributed by atoms with Gasteiger partial charge < -0.3 is 10.1 Å². The molecular formula is C15H26N2O3S. The Balaban J connectivity index is 2.86. The lowest BCUT2D eigenvalue weighted by molar-refractivity contribution is 0.138. The molecule has 0 aliphatic rings. The molecule has 21 heavy (non-hydrogen) atoms. The molecule has 0 aliphatic carbocycles. The van der Waals surface area contributed by atoms with E-state index in [1.165, 1.54) is 4.31 Å². The normalized spacial score (nSPS) is 12.0. The lowest BCUT2D eigenvalue weighted by Crippen LogP contribution is -2.31. The summed E-state index contributed by atoms with van der Waals surface area (Å²) in [4.78, 5) is 0.368. The molecule has 0 bridgehead atoms. The second kappa shape index (κ2) is 9.15. The summed E-state index contributed by atoms with van der Waals surface area (Å²) in [6.07, 6.45) is 1.02. The average Bonchev–Trinajstić information content (AvgIpc) is 2.48. The van der Waals surface area contributed by atoms with Crippen molar-refractivity contribution in [2.24, 2.45) is 0 Å². The van der Waals surface area contributed by atoms with Gasteiger partial charge in [0.25, 0.3) is 0 Å². The number of benzene rings is 1. The summed E-state index contributed by atoms with van der Waals surface area (Å²) in [6.45, 7) is 6.75. The molecule has 120 valence electrons. The Morgan fingerprint density at radius 1 is 1.24 bits per heavy atom. The fourth-order valence-corrected chi connectivity index (χ4v) is 3.30. The van der Waals surface area contributed by atoms with Crippen molar-refractivity contribution >= 4 is 10.0 Å². The second-order valence-corrected chi connectivity index (χ2v) is 6.82. The van der Waals surface area contributed by atoms with Gasteiger partial charge >= 0.3 is 0 Å². The molecule has 0 aromatic heterocycles. The van der Waals surface area contributed by atoms with Gasteiger partial charge in [0.15, 0.2) is 0 Å². The first-order chi connectivity index (χ1) is 10.0. The van der Waals surface area contributed by atoms with Crippen LogP contribution in [0.15, 0.2) is 29.2 Å². The molecule has 0 saturated carbocycles. The number of hydrogen-bond acceptors (Lipinski definition) is 4. The summed E-state index contributed by atoms with van der Waals surface area (Å²) >= 11 is 0. The van der Waals surface area contributed by atoms with E-state index in [1.807, 2.05) is 19.1 Å². The molecule has 0 aliphatic heterocycles. The molecule has 6 heteroatoms. The molecule has 0 saturated heterocycles. The standard InChI is InChI=1S/C15H26N2O3S/c1-4-10-16-13-14-8-6-7-9-15(14)21(18,19)17(3)11-12-20-5-2/h6-9,16H,4-5,10-13H2,1-3H3. The highest BCUT2D eigenvalue weighted by Crippen LogP contribution is 2.19. The lowest BCUT2D eigenvalue weighted by atomic mass is 10.2. The smallest absolute Gasteiger partial charge is 0.243 e. The van der Waals surface area contributed by atoms with Crippen molar-refractivity contribution < 1.29 is 13.2 Å². The highest BCUT2D eigenvalue weighted by Gasteiger charge is 2.23. The molecule has 1 aromatic rings. The number of ether oxygens (including phenoxy) is 1. The molecule has 1 N–H and O–H groups in total. The minimum Gasteiger partial charge on any atom is -0.380 e. The van der Waals surface area contributed by atoms with Crippen LogP contribution in [0.1, 0.15) is 25.8 Å². The van der Waals surface area contributed by atoms with Gasteiger partial charge in [-0.2, -0.15) is 4.31 Å². The number of nitrogens with one attached hydrogen (secondary N) is 1. The number of rotatable bonds is 10. The maximum absolute atomic E-state index is 12.6. The first kappa shape index (κ1) is 18.1. The summed E-state index contributed by atoms with van der Waals surface area (Å²) < 4.78 is 31.8. The molecule has 0 spiro atoms. The van der Waals surface area contributed by atoms with Crippen molar-refractivity contribution in [1.82, 2.24) is 9.62 Å². The van der Waals surface area contributed by atoms with Crippen LogP contribution in [0.4, 0.5) is 0 Å². The molecule has 0 heterocycles. The van der Waals surface area contributed by atoms with E-state index in [2.05, 4.69) is 12.2 Å². The summed E-state index contributed by atoms with van der Waals surface area (Å²) in [5.41, 5.74) is 0.800.